The van der Waals surface area contributed by atoms with E-state index in [1.54, 1.807) is 0 Å². The molecule has 0 unspecified atom stereocenters. The second-order valence-electron chi connectivity index (χ2n) is 9.28. The van der Waals surface area contributed by atoms with Crippen molar-refractivity contribution in [3.63, 3.8) is 0 Å². The molecule has 142 valence electrons. The predicted molar refractivity (Wildman–Crippen MR) is 114 cm³/mol. The minimum Gasteiger partial charge on any atom is -0.390 e. The first-order valence-electron chi connectivity index (χ1n) is 10.4. The second kappa shape index (κ2) is 5.90. The molecule has 4 aliphatic carbocycles. The Morgan fingerprint density at radius 1 is 0.964 bits per heavy atom. The van der Waals surface area contributed by atoms with Crippen LogP contribution in [-0.2, 0) is 0 Å². The monoisotopic (exact) mass is 388 g/mol. The van der Waals surface area contributed by atoms with Gasteiger partial charge in [0.2, 0.25) is 0 Å². The Morgan fingerprint density at radius 3 is 2.25 bits per heavy atom. The first kappa shape index (κ1) is 16.7. The normalized spacial score (nSPS) is 30.8. The lowest BCUT2D eigenvalue weighted by atomic mass is 9.48. The van der Waals surface area contributed by atoms with Crippen LogP contribution in [0.15, 0.2) is 42.5 Å². The van der Waals surface area contributed by atoms with Gasteiger partial charge in [0.15, 0.2) is 5.78 Å². The number of pyridine rings is 1. The Labute approximate surface area is 169 Å². The zero-order valence-corrected chi connectivity index (χ0v) is 16.7. The number of carbonyl (C=O) groups is 1. The largest absolute Gasteiger partial charge is 0.390 e. The molecule has 0 atom stereocenters. The summed E-state index contributed by atoms with van der Waals surface area (Å²) in [7, 11) is 0. The Morgan fingerprint density at radius 2 is 1.61 bits per heavy atom. The third-order valence-electron chi connectivity index (χ3n) is 7.40. The van der Waals surface area contributed by atoms with E-state index in [0.717, 1.165) is 64.1 Å². The van der Waals surface area contributed by atoms with Crippen LogP contribution in [0.4, 0.5) is 5.00 Å². The Balaban J connectivity index is 1.43. The summed E-state index contributed by atoms with van der Waals surface area (Å²) in [6.45, 7) is 0. The van der Waals surface area contributed by atoms with Crippen LogP contribution in [0.25, 0.3) is 21.5 Å². The number of nitrogens with two attached hydrogens (primary N) is 1. The summed E-state index contributed by atoms with van der Waals surface area (Å²) in [6.07, 6.45) is 7.25. The van der Waals surface area contributed by atoms with E-state index in [0.29, 0.717) is 10.8 Å². The number of thiophene rings is 1. The fraction of sp³-hybridized carbons (Fsp3) is 0.417. The number of Topliss-reactive ketones (excluding diaryl/α,β-unsaturated/α-hetero) is 1. The van der Waals surface area contributed by atoms with Crippen LogP contribution in [0.1, 0.15) is 48.9 Å². The van der Waals surface area contributed by atoms with Crippen LogP contribution in [0.5, 0.6) is 0 Å². The summed E-state index contributed by atoms with van der Waals surface area (Å²) < 4.78 is 0. The molecule has 2 heterocycles. The summed E-state index contributed by atoms with van der Waals surface area (Å²) in [5, 5.41) is 1.59. The zero-order chi connectivity index (χ0) is 18.9. The third kappa shape index (κ3) is 2.40. The average molecular weight is 389 g/mol. The Bertz CT molecular complexity index is 1050. The Kier molecular flexibility index (Phi) is 3.52. The molecule has 0 radical (unpaired) electrons. The molecule has 3 nitrogen and oxygen atoms in total. The number of benzene rings is 1. The maximum Gasteiger partial charge on any atom is 0.172 e. The molecule has 0 spiro atoms. The van der Waals surface area contributed by atoms with Gasteiger partial charge < -0.3 is 5.73 Å². The molecular weight excluding hydrogens is 364 g/mol. The van der Waals surface area contributed by atoms with Crippen molar-refractivity contribution in [2.24, 2.45) is 23.2 Å². The Hall–Kier alpha value is -2.20. The smallest absolute Gasteiger partial charge is 0.172 e. The van der Waals surface area contributed by atoms with Gasteiger partial charge in [-0.25, -0.2) is 4.98 Å². The van der Waals surface area contributed by atoms with Crippen molar-refractivity contribution in [2.45, 2.75) is 38.5 Å². The first-order valence-corrected chi connectivity index (χ1v) is 11.2. The third-order valence-corrected chi connectivity index (χ3v) is 8.33. The van der Waals surface area contributed by atoms with Crippen molar-refractivity contribution in [3.05, 3.63) is 48.0 Å². The van der Waals surface area contributed by atoms with E-state index >= 15 is 0 Å². The van der Waals surface area contributed by atoms with Crippen LogP contribution in [0.2, 0.25) is 0 Å². The van der Waals surface area contributed by atoms with Gasteiger partial charge in [-0.05, 0) is 68.4 Å². The molecule has 4 fully saturated rings. The summed E-state index contributed by atoms with van der Waals surface area (Å²) in [6, 6.07) is 14.3. The molecule has 28 heavy (non-hydrogen) atoms. The number of carbonyl (C=O) groups excluding carboxylic acids is 1. The van der Waals surface area contributed by atoms with Gasteiger partial charge in [0.05, 0.1) is 16.3 Å². The molecule has 0 saturated heterocycles. The first-order chi connectivity index (χ1) is 13.6. The highest BCUT2D eigenvalue weighted by atomic mass is 32.1. The second-order valence-corrected chi connectivity index (χ2v) is 10.3. The molecule has 0 amide bonds. The summed E-state index contributed by atoms with van der Waals surface area (Å²) >= 11 is 1.47. The standard InChI is InChI=1S/C24H24N2OS/c25-22-20(21(27)24-11-14-8-15(12-24)10-16(9-14)13-24)18-6-7-19(26-23(18)28-22)17-4-2-1-3-5-17/h1-7,14-16H,8-13,25H2. The number of rotatable bonds is 3. The molecule has 2 aromatic heterocycles. The number of hydrogen-bond donors (Lipinski definition) is 1. The van der Waals surface area contributed by atoms with E-state index in [2.05, 4.69) is 18.2 Å². The van der Waals surface area contributed by atoms with Crippen molar-refractivity contribution in [2.75, 3.05) is 5.73 Å². The highest BCUT2D eigenvalue weighted by Gasteiger charge is 2.55. The van der Waals surface area contributed by atoms with Crippen molar-refractivity contribution in [3.8, 4) is 11.3 Å². The lowest BCUT2D eigenvalue weighted by Crippen LogP contribution is -2.50. The van der Waals surface area contributed by atoms with E-state index in [-0.39, 0.29) is 5.41 Å². The van der Waals surface area contributed by atoms with Gasteiger partial charge >= 0.3 is 0 Å². The SMILES string of the molecule is Nc1sc2nc(-c3ccccc3)ccc2c1C(=O)C12CC3CC(CC(C3)C1)C2. The van der Waals surface area contributed by atoms with Crippen molar-refractivity contribution < 1.29 is 4.79 Å². The minimum atomic E-state index is -0.158. The number of anilines is 1. The summed E-state index contributed by atoms with van der Waals surface area (Å²) in [5.41, 5.74) is 9.04. The van der Waals surface area contributed by atoms with Gasteiger partial charge in [0.25, 0.3) is 0 Å². The van der Waals surface area contributed by atoms with Gasteiger partial charge in [0, 0.05) is 16.4 Å². The summed E-state index contributed by atoms with van der Waals surface area (Å²) in [5.74, 6) is 2.57. The highest BCUT2D eigenvalue weighted by Crippen LogP contribution is 2.61. The van der Waals surface area contributed by atoms with E-state index in [9.17, 15) is 4.79 Å². The molecule has 7 rings (SSSR count). The van der Waals surface area contributed by atoms with E-state index < -0.39 is 0 Å². The molecule has 3 aromatic rings. The average Bonchev–Trinajstić information content (AvgIpc) is 3.01. The van der Waals surface area contributed by atoms with Crippen LogP contribution in [-0.4, -0.2) is 10.8 Å². The number of ketones is 1. The van der Waals surface area contributed by atoms with Crippen LogP contribution in [0, 0.1) is 23.2 Å². The maximum absolute atomic E-state index is 13.8. The van der Waals surface area contributed by atoms with Gasteiger partial charge in [-0.2, -0.15) is 0 Å². The minimum absolute atomic E-state index is 0.158. The fourth-order valence-electron chi connectivity index (χ4n) is 6.65. The van der Waals surface area contributed by atoms with Crippen LogP contribution < -0.4 is 5.73 Å². The van der Waals surface area contributed by atoms with Crippen molar-refractivity contribution >= 4 is 32.3 Å². The highest BCUT2D eigenvalue weighted by molar-refractivity contribution is 7.22. The molecule has 1 aromatic carbocycles. The van der Waals surface area contributed by atoms with Crippen LogP contribution in [0.3, 0.4) is 0 Å². The van der Waals surface area contributed by atoms with E-state index in [1.165, 1.54) is 30.6 Å². The van der Waals surface area contributed by atoms with Crippen LogP contribution >= 0.6 is 11.3 Å². The zero-order valence-electron chi connectivity index (χ0n) is 15.9. The van der Waals surface area contributed by atoms with Crippen molar-refractivity contribution in [1.82, 2.24) is 4.98 Å². The fourth-order valence-corrected chi connectivity index (χ4v) is 7.59. The lowest BCUT2D eigenvalue weighted by Gasteiger charge is -2.55. The quantitative estimate of drug-likeness (QED) is 0.565. The number of nitrogens with zero attached hydrogens (tertiary/aromatic N) is 1. The van der Waals surface area contributed by atoms with E-state index in [1.807, 2.05) is 24.3 Å². The predicted octanol–water partition coefficient (Wildman–Crippen LogP) is 5.94. The molecule has 2 N–H and O–H groups in total. The van der Waals surface area contributed by atoms with Gasteiger partial charge in [0.1, 0.15) is 4.83 Å². The number of hydrogen-bond acceptors (Lipinski definition) is 4. The maximum atomic E-state index is 13.8. The van der Waals surface area contributed by atoms with Gasteiger partial charge in [-0.1, -0.05) is 41.7 Å². The lowest BCUT2D eigenvalue weighted by molar-refractivity contribution is -0.0351. The summed E-state index contributed by atoms with van der Waals surface area (Å²) in [4.78, 5) is 19.6. The van der Waals surface area contributed by atoms with E-state index in [4.69, 9.17) is 10.7 Å². The molecule has 4 heteroatoms. The molecule has 4 aliphatic rings. The molecule has 4 bridgehead atoms. The van der Waals surface area contributed by atoms with Crippen molar-refractivity contribution in [1.29, 1.82) is 0 Å². The molecule has 4 saturated carbocycles. The number of aromatic nitrogens is 1. The molecule has 0 aliphatic heterocycles. The molecular formula is C24H24N2OS. The number of fused-ring (bicyclic) bond motifs is 1. The van der Waals surface area contributed by atoms with Gasteiger partial charge in [-0.3, -0.25) is 4.79 Å². The van der Waals surface area contributed by atoms with Gasteiger partial charge in [-0.15, -0.1) is 0 Å². The topological polar surface area (TPSA) is 56.0 Å². The number of nitrogen functional groups attached to an aromatic ring is 1.